The van der Waals surface area contributed by atoms with Gasteiger partial charge in [-0.15, -0.1) is 0 Å². The van der Waals surface area contributed by atoms with Gasteiger partial charge in [-0.3, -0.25) is 4.98 Å². The summed E-state index contributed by atoms with van der Waals surface area (Å²) in [5.74, 6) is -0.346. The number of nitrogens with one attached hydrogen (secondary N) is 1. The minimum Gasteiger partial charge on any atom is -0.465 e. The van der Waals surface area contributed by atoms with E-state index >= 15 is 0 Å². The summed E-state index contributed by atoms with van der Waals surface area (Å²) in [5.41, 5.74) is 3.53. The van der Waals surface area contributed by atoms with Crippen LogP contribution in [0.3, 0.4) is 0 Å². The fourth-order valence-electron chi connectivity index (χ4n) is 3.98. The normalized spacial score (nSPS) is 18.5. The van der Waals surface area contributed by atoms with Crippen molar-refractivity contribution in [3.8, 4) is 5.69 Å². The summed E-state index contributed by atoms with van der Waals surface area (Å²) in [5, 5.41) is 4.19. The fraction of sp³-hybridized carbons (Fsp3) is 0.261. The molecule has 1 aliphatic heterocycles. The van der Waals surface area contributed by atoms with Crippen LogP contribution in [-0.4, -0.2) is 38.7 Å². The maximum absolute atomic E-state index is 11.8. The van der Waals surface area contributed by atoms with Crippen molar-refractivity contribution in [2.45, 2.75) is 32.0 Å². The van der Waals surface area contributed by atoms with E-state index in [-0.39, 0.29) is 24.1 Å². The van der Waals surface area contributed by atoms with Gasteiger partial charge in [0, 0.05) is 29.8 Å². The molecule has 0 radical (unpaired) electrons. The number of thiocarbonyl (C=S) groups is 1. The Morgan fingerprint density at radius 2 is 1.90 bits per heavy atom. The van der Waals surface area contributed by atoms with Gasteiger partial charge >= 0.3 is 5.97 Å². The maximum atomic E-state index is 11.8. The van der Waals surface area contributed by atoms with Crippen molar-refractivity contribution in [3.05, 3.63) is 83.9 Å². The number of nitrogens with zero attached hydrogens (tertiary/aromatic N) is 3. The minimum absolute atomic E-state index is 0.0253. The van der Waals surface area contributed by atoms with Crippen LogP contribution in [0.1, 0.15) is 47.7 Å². The molecule has 0 saturated carbocycles. The first-order valence-corrected chi connectivity index (χ1v) is 10.3. The molecule has 2 atom stereocenters. The van der Waals surface area contributed by atoms with Gasteiger partial charge in [-0.1, -0.05) is 6.07 Å². The van der Waals surface area contributed by atoms with Crippen molar-refractivity contribution in [3.63, 3.8) is 0 Å². The van der Waals surface area contributed by atoms with Crippen molar-refractivity contribution in [1.29, 1.82) is 0 Å². The van der Waals surface area contributed by atoms with E-state index in [4.69, 9.17) is 17.0 Å². The second kappa shape index (κ2) is 8.28. The molecule has 0 aliphatic carbocycles. The molecule has 4 rings (SSSR count). The van der Waals surface area contributed by atoms with E-state index in [0.29, 0.717) is 5.56 Å². The molecule has 1 N–H and O–H groups in total. The standard InChI is InChI=1S/C23H24N4O2S/c1-15(2)27-21(20(25-23(27)30)18-7-4-5-13-24-18)19-8-6-14-26(19)17-11-9-16(10-12-17)22(28)29-3/h4-15,20-21H,1-3H3,(H,25,30). The number of methoxy groups -OCH3 is 1. The van der Waals surface area contributed by atoms with Gasteiger partial charge in [-0.05, 0) is 74.6 Å². The van der Waals surface area contributed by atoms with Gasteiger partial charge in [-0.2, -0.15) is 0 Å². The molecule has 2 unspecified atom stereocenters. The highest BCUT2D eigenvalue weighted by Crippen LogP contribution is 2.40. The fourth-order valence-corrected chi connectivity index (χ4v) is 4.44. The van der Waals surface area contributed by atoms with Crippen LogP contribution in [0, 0.1) is 0 Å². The zero-order valence-electron chi connectivity index (χ0n) is 17.1. The third-order valence-corrected chi connectivity index (χ3v) is 5.67. The molecular formula is C23H24N4O2S. The summed E-state index contributed by atoms with van der Waals surface area (Å²) in [6, 6.07) is 17.6. The van der Waals surface area contributed by atoms with E-state index in [1.807, 2.05) is 42.6 Å². The number of hydrogen-bond donors (Lipinski definition) is 1. The van der Waals surface area contributed by atoms with Gasteiger partial charge in [0.2, 0.25) is 0 Å². The van der Waals surface area contributed by atoms with Crippen LogP contribution in [0.2, 0.25) is 0 Å². The second-order valence-electron chi connectivity index (χ2n) is 7.47. The Labute approximate surface area is 181 Å². The van der Waals surface area contributed by atoms with Crippen LogP contribution in [0.4, 0.5) is 0 Å². The van der Waals surface area contributed by atoms with Gasteiger partial charge in [-0.25, -0.2) is 4.79 Å². The van der Waals surface area contributed by atoms with Crippen LogP contribution < -0.4 is 5.32 Å². The van der Waals surface area contributed by atoms with Crippen LogP contribution in [0.5, 0.6) is 0 Å². The molecule has 6 nitrogen and oxygen atoms in total. The van der Waals surface area contributed by atoms with Crippen LogP contribution in [-0.2, 0) is 4.74 Å². The highest BCUT2D eigenvalue weighted by Gasteiger charge is 2.42. The van der Waals surface area contributed by atoms with E-state index in [1.54, 1.807) is 18.3 Å². The number of carbonyl (C=O) groups excluding carboxylic acids is 1. The molecular weight excluding hydrogens is 396 g/mol. The molecule has 0 amide bonds. The predicted octanol–water partition coefficient (Wildman–Crippen LogP) is 4.04. The number of rotatable bonds is 5. The van der Waals surface area contributed by atoms with E-state index < -0.39 is 0 Å². The number of benzene rings is 1. The summed E-state index contributed by atoms with van der Waals surface area (Å²) in [6.45, 7) is 4.28. The summed E-state index contributed by atoms with van der Waals surface area (Å²) in [7, 11) is 1.38. The lowest BCUT2D eigenvalue weighted by atomic mass is 10.0. The molecule has 3 heterocycles. The van der Waals surface area contributed by atoms with Crippen LogP contribution in [0.15, 0.2) is 67.0 Å². The van der Waals surface area contributed by atoms with E-state index in [2.05, 4.69) is 39.7 Å². The van der Waals surface area contributed by atoms with Crippen LogP contribution >= 0.6 is 12.2 Å². The molecule has 30 heavy (non-hydrogen) atoms. The number of hydrogen-bond acceptors (Lipinski definition) is 4. The number of pyridine rings is 1. The Hall–Kier alpha value is -3.19. The lowest BCUT2D eigenvalue weighted by molar-refractivity contribution is 0.0600. The topological polar surface area (TPSA) is 59.4 Å². The van der Waals surface area contributed by atoms with Crippen molar-refractivity contribution in [2.24, 2.45) is 0 Å². The average molecular weight is 421 g/mol. The lowest BCUT2D eigenvalue weighted by Crippen LogP contribution is -2.36. The number of aromatic nitrogens is 2. The van der Waals surface area contributed by atoms with Gasteiger partial charge in [0.25, 0.3) is 0 Å². The van der Waals surface area contributed by atoms with Gasteiger partial charge in [0.05, 0.1) is 30.5 Å². The number of ether oxygens (including phenoxy) is 1. The van der Waals surface area contributed by atoms with E-state index in [9.17, 15) is 4.79 Å². The first kappa shape index (κ1) is 20.1. The third kappa shape index (κ3) is 3.57. The van der Waals surface area contributed by atoms with Crippen molar-refractivity contribution in [1.82, 2.24) is 19.8 Å². The molecule has 0 spiro atoms. The summed E-state index contributed by atoms with van der Waals surface area (Å²) >= 11 is 5.69. The zero-order chi connectivity index (χ0) is 21.3. The lowest BCUT2D eigenvalue weighted by Gasteiger charge is -2.31. The monoisotopic (exact) mass is 420 g/mol. The van der Waals surface area contributed by atoms with Crippen molar-refractivity contribution >= 4 is 23.3 Å². The largest absolute Gasteiger partial charge is 0.465 e. The minimum atomic E-state index is -0.346. The highest BCUT2D eigenvalue weighted by molar-refractivity contribution is 7.80. The Bertz CT molecular complexity index is 1050. The number of carbonyl (C=O) groups is 1. The quantitative estimate of drug-likeness (QED) is 0.497. The maximum Gasteiger partial charge on any atom is 0.337 e. The number of esters is 1. The SMILES string of the molecule is COC(=O)c1ccc(-n2cccc2C2C(c3ccccn3)NC(=S)N2C(C)C)cc1. The first-order valence-electron chi connectivity index (χ1n) is 9.87. The molecule has 1 fully saturated rings. The molecule has 2 aromatic heterocycles. The molecule has 0 bridgehead atoms. The zero-order valence-corrected chi connectivity index (χ0v) is 18.0. The molecule has 1 aromatic carbocycles. The highest BCUT2D eigenvalue weighted by atomic mass is 32.1. The molecule has 154 valence electrons. The predicted molar refractivity (Wildman–Crippen MR) is 120 cm³/mol. The second-order valence-corrected chi connectivity index (χ2v) is 7.86. The third-order valence-electron chi connectivity index (χ3n) is 5.34. The summed E-state index contributed by atoms with van der Waals surface area (Å²) in [4.78, 5) is 18.6. The Morgan fingerprint density at radius 1 is 1.13 bits per heavy atom. The molecule has 1 saturated heterocycles. The van der Waals surface area contributed by atoms with Gasteiger partial charge in [0.1, 0.15) is 0 Å². The Morgan fingerprint density at radius 3 is 2.53 bits per heavy atom. The first-order chi connectivity index (χ1) is 14.5. The van der Waals surface area contributed by atoms with Gasteiger partial charge in [0.15, 0.2) is 5.11 Å². The average Bonchev–Trinajstić information content (AvgIpc) is 3.38. The smallest absolute Gasteiger partial charge is 0.337 e. The summed E-state index contributed by atoms with van der Waals surface area (Å²) in [6.07, 6.45) is 3.83. The van der Waals surface area contributed by atoms with E-state index in [1.165, 1.54) is 7.11 Å². The Balaban J connectivity index is 1.77. The molecule has 7 heteroatoms. The van der Waals surface area contributed by atoms with E-state index in [0.717, 1.165) is 22.2 Å². The van der Waals surface area contributed by atoms with Crippen LogP contribution in [0.25, 0.3) is 5.69 Å². The molecule has 3 aromatic rings. The molecule has 1 aliphatic rings. The van der Waals surface area contributed by atoms with Crippen molar-refractivity contribution < 1.29 is 9.53 Å². The van der Waals surface area contributed by atoms with Crippen molar-refractivity contribution in [2.75, 3.05) is 7.11 Å². The Kier molecular flexibility index (Phi) is 5.55. The van der Waals surface area contributed by atoms with Gasteiger partial charge < -0.3 is 19.5 Å². The summed E-state index contributed by atoms with van der Waals surface area (Å²) < 4.78 is 6.94.